The maximum absolute atomic E-state index is 6.17. The second-order valence-corrected chi connectivity index (χ2v) is 6.64. The van der Waals surface area contributed by atoms with Gasteiger partial charge in [0.05, 0.1) is 11.7 Å². The molecular formula is C18H29NO. The Hall–Kier alpha value is -0.860. The molecule has 2 unspecified atom stereocenters. The second-order valence-electron chi connectivity index (χ2n) is 6.64. The smallest absolute Gasteiger partial charge is 0.0631 e. The van der Waals surface area contributed by atoms with Gasteiger partial charge < -0.3 is 10.1 Å². The van der Waals surface area contributed by atoms with Crippen LogP contribution >= 0.6 is 0 Å². The zero-order chi connectivity index (χ0) is 14.4. The van der Waals surface area contributed by atoms with Crippen LogP contribution in [0.4, 0.5) is 0 Å². The van der Waals surface area contributed by atoms with Crippen molar-refractivity contribution in [1.82, 2.24) is 5.32 Å². The molecule has 112 valence electrons. The minimum absolute atomic E-state index is 0.0835. The van der Waals surface area contributed by atoms with Gasteiger partial charge in [0.15, 0.2) is 0 Å². The summed E-state index contributed by atoms with van der Waals surface area (Å²) >= 11 is 0. The van der Waals surface area contributed by atoms with Gasteiger partial charge >= 0.3 is 0 Å². The topological polar surface area (TPSA) is 21.3 Å². The van der Waals surface area contributed by atoms with Crippen molar-refractivity contribution in [1.29, 1.82) is 0 Å². The predicted molar refractivity (Wildman–Crippen MR) is 85.0 cm³/mol. The van der Waals surface area contributed by atoms with E-state index in [0.717, 1.165) is 19.5 Å². The highest BCUT2D eigenvalue weighted by Gasteiger charge is 2.32. The summed E-state index contributed by atoms with van der Waals surface area (Å²) < 4.78 is 6.17. The molecule has 1 aromatic carbocycles. The molecule has 0 spiro atoms. The van der Waals surface area contributed by atoms with Gasteiger partial charge in [-0.1, -0.05) is 37.3 Å². The lowest BCUT2D eigenvalue weighted by Gasteiger charge is -2.24. The normalized spacial score (nSPS) is 22.9. The van der Waals surface area contributed by atoms with Crippen LogP contribution in [0.2, 0.25) is 0 Å². The molecule has 1 aromatic rings. The van der Waals surface area contributed by atoms with Gasteiger partial charge in [-0.25, -0.2) is 0 Å². The predicted octanol–water partition coefficient (Wildman–Crippen LogP) is 3.80. The highest BCUT2D eigenvalue weighted by molar-refractivity contribution is 5.15. The van der Waals surface area contributed by atoms with E-state index in [1.165, 1.54) is 24.8 Å². The Bertz CT molecular complexity index is 388. The van der Waals surface area contributed by atoms with Crippen molar-refractivity contribution >= 4 is 0 Å². The van der Waals surface area contributed by atoms with E-state index in [0.29, 0.717) is 12.0 Å². The Morgan fingerprint density at radius 2 is 2.05 bits per heavy atom. The number of rotatable bonds is 7. The van der Waals surface area contributed by atoms with Crippen LogP contribution in [0, 0.1) is 5.92 Å². The number of ether oxygens (including phenoxy) is 1. The standard InChI is InChI=1S/C18H29NO/c1-4-19-14-16(12-15-8-6-5-7-9-15)13-17-10-11-18(2,3)20-17/h5-9,16-17,19H,4,10-14H2,1-3H3. The third-order valence-electron chi connectivity index (χ3n) is 4.20. The molecule has 0 aliphatic carbocycles. The first kappa shape index (κ1) is 15.5. The molecule has 0 bridgehead atoms. The van der Waals surface area contributed by atoms with E-state index < -0.39 is 0 Å². The summed E-state index contributed by atoms with van der Waals surface area (Å²) in [4.78, 5) is 0. The minimum Gasteiger partial charge on any atom is -0.372 e. The van der Waals surface area contributed by atoms with Gasteiger partial charge in [0.1, 0.15) is 0 Å². The number of nitrogens with one attached hydrogen (secondary N) is 1. The zero-order valence-electron chi connectivity index (χ0n) is 13.2. The molecule has 0 aromatic heterocycles. The summed E-state index contributed by atoms with van der Waals surface area (Å²) in [7, 11) is 0. The van der Waals surface area contributed by atoms with E-state index in [4.69, 9.17) is 4.74 Å². The Balaban J connectivity index is 1.90. The summed E-state index contributed by atoms with van der Waals surface area (Å²) in [6.45, 7) is 8.73. The summed E-state index contributed by atoms with van der Waals surface area (Å²) in [5, 5.41) is 3.51. The molecule has 2 atom stereocenters. The maximum atomic E-state index is 6.17. The van der Waals surface area contributed by atoms with Gasteiger partial charge in [0.25, 0.3) is 0 Å². The van der Waals surface area contributed by atoms with E-state index in [1.807, 2.05) is 0 Å². The molecular weight excluding hydrogens is 246 g/mol. The van der Waals surface area contributed by atoms with Gasteiger partial charge in [0, 0.05) is 0 Å². The third-order valence-corrected chi connectivity index (χ3v) is 4.20. The maximum Gasteiger partial charge on any atom is 0.0631 e. The first-order chi connectivity index (χ1) is 9.59. The molecule has 1 heterocycles. The van der Waals surface area contributed by atoms with Gasteiger partial charge in [0.2, 0.25) is 0 Å². The lowest BCUT2D eigenvalue weighted by atomic mass is 9.92. The minimum atomic E-state index is 0.0835. The van der Waals surface area contributed by atoms with Crippen LogP contribution in [0.15, 0.2) is 30.3 Å². The Morgan fingerprint density at radius 1 is 1.30 bits per heavy atom. The quantitative estimate of drug-likeness (QED) is 0.817. The third kappa shape index (κ3) is 4.92. The molecule has 1 fully saturated rings. The van der Waals surface area contributed by atoms with Crippen molar-refractivity contribution in [3.8, 4) is 0 Å². The molecule has 0 amide bonds. The molecule has 20 heavy (non-hydrogen) atoms. The molecule has 1 aliphatic rings. The monoisotopic (exact) mass is 275 g/mol. The van der Waals surface area contributed by atoms with E-state index >= 15 is 0 Å². The summed E-state index contributed by atoms with van der Waals surface area (Å²) in [6.07, 6.45) is 5.17. The average molecular weight is 275 g/mol. The first-order valence-electron chi connectivity index (χ1n) is 8.01. The van der Waals surface area contributed by atoms with Crippen LogP contribution in [0.3, 0.4) is 0 Å². The summed E-state index contributed by atoms with van der Waals surface area (Å²) in [6, 6.07) is 10.8. The lowest BCUT2D eigenvalue weighted by molar-refractivity contribution is -0.0244. The number of hydrogen-bond donors (Lipinski definition) is 1. The van der Waals surface area contributed by atoms with Crippen molar-refractivity contribution in [3.05, 3.63) is 35.9 Å². The SMILES string of the molecule is CCNCC(Cc1ccccc1)CC1CCC(C)(C)O1. The fourth-order valence-electron chi connectivity index (χ4n) is 3.15. The highest BCUT2D eigenvalue weighted by Crippen LogP contribution is 2.33. The Kier molecular flexibility index (Phi) is 5.62. The van der Waals surface area contributed by atoms with Crippen LogP contribution in [0.1, 0.15) is 45.6 Å². The van der Waals surface area contributed by atoms with Crippen LogP contribution in [0.5, 0.6) is 0 Å². The van der Waals surface area contributed by atoms with Crippen LogP contribution in [0.25, 0.3) is 0 Å². The van der Waals surface area contributed by atoms with Crippen molar-refractivity contribution in [3.63, 3.8) is 0 Å². The lowest BCUT2D eigenvalue weighted by Crippen LogP contribution is -2.28. The van der Waals surface area contributed by atoms with Crippen LogP contribution in [-0.4, -0.2) is 24.8 Å². The first-order valence-corrected chi connectivity index (χ1v) is 8.01. The molecule has 1 aliphatic heterocycles. The second kappa shape index (κ2) is 7.24. The van der Waals surface area contributed by atoms with Gasteiger partial charge in [-0.15, -0.1) is 0 Å². The van der Waals surface area contributed by atoms with Gasteiger partial charge in [-0.3, -0.25) is 0 Å². The summed E-state index contributed by atoms with van der Waals surface area (Å²) in [5.41, 5.74) is 1.52. The molecule has 1 saturated heterocycles. The average Bonchev–Trinajstić information content (AvgIpc) is 2.76. The zero-order valence-corrected chi connectivity index (χ0v) is 13.2. The van der Waals surface area contributed by atoms with Crippen molar-refractivity contribution in [2.24, 2.45) is 5.92 Å². The fourth-order valence-corrected chi connectivity index (χ4v) is 3.15. The Morgan fingerprint density at radius 3 is 2.65 bits per heavy atom. The van der Waals surface area contributed by atoms with Crippen molar-refractivity contribution in [2.75, 3.05) is 13.1 Å². The van der Waals surface area contributed by atoms with E-state index in [2.05, 4.69) is 56.4 Å². The van der Waals surface area contributed by atoms with Crippen LogP contribution < -0.4 is 5.32 Å². The molecule has 2 rings (SSSR count). The largest absolute Gasteiger partial charge is 0.372 e. The summed E-state index contributed by atoms with van der Waals surface area (Å²) in [5.74, 6) is 0.663. The number of benzene rings is 1. The Labute approximate surface area is 123 Å². The van der Waals surface area contributed by atoms with Crippen molar-refractivity contribution in [2.45, 2.75) is 58.2 Å². The van der Waals surface area contributed by atoms with E-state index in [1.54, 1.807) is 0 Å². The van der Waals surface area contributed by atoms with E-state index in [9.17, 15) is 0 Å². The molecule has 0 saturated carbocycles. The fraction of sp³-hybridized carbons (Fsp3) is 0.667. The highest BCUT2D eigenvalue weighted by atomic mass is 16.5. The molecule has 0 radical (unpaired) electrons. The van der Waals surface area contributed by atoms with Gasteiger partial charge in [-0.05, 0) is 64.1 Å². The molecule has 2 nitrogen and oxygen atoms in total. The van der Waals surface area contributed by atoms with Gasteiger partial charge in [-0.2, -0.15) is 0 Å². The van der Waals surface area contributed by atoms with Crippen molar-refractivity contribution < 1.29 is 4.74 Å². The van der Waals surface area contributed by atoms with E-state index in [-0.39, 0.29) is 5.60 Å². The molecule has 1 N–H and O–H groups in total. The molecule has 2 heteroatoms. The number of hydrogen-bond acceptors (Lipinski definition) is 2. The van der Waals surface area contributed by atoms with Crippen LogP contribution in [-0.2, 0) is 11.2 Å².